The van der Waals surface area contributed by atoms with Gasteiger partial charge in [-0.3, -0.25) is 4.79 Å². The monoisotopic (exact) mass is 582 g/mol. The van der Waals surface area contributed by atoms with Gasteiger partial charge in [0.15, 0.2) is 0 Å². The lowest BCUT2D eigenvalue weighted by molar-refractivity contribution is -0.120. The molecule has 0 bridgehead atoms. The van der Waals surface area contributed by atoms with Crippen LogP contribution in [0.5, 0.6) is 17.4 Å². The summed E-state index contributed by atoms with van der Waals surface area (Å²) in [7, 11) is 0. The molecule has 5 heteroatoms. The van der Waals surface area contributed by atoms with Crippen molar-refractivity contribution in [2.45, 2.75) is 58.1 Å². The lowest BCUT2D eigenvalue weighted by Crippen LogP contribution is -2.36. The molecular weight excluding hydrogens is 544 g/mol. The zero-order valence-corrected chi connectivity index (χ0v) is 25.4. The van der Waals surface area contributed by atoms with Crippen LogP contribution in [0.3, 0.4) is 0 Å². The fraction of sp³-hybridized carbons (Fsp3) is 0.231. The van der Waals surface area contributed by atoms with Crippen molar-refractivity contribution in [3.63, 3.8) is 0 Å². The van der Waals surface area contributed by atoms with E-state index in [0.717, 1.165) is 58.7 Å². The average Bonchev–Trinajstić information content (AvgIpc) is 3.07. The standard InChI is InChI=1S/C39H38N2O3/c1-28(2)31-20-22-32(23-21-31)41(26-30-19-24-38(40-25-30)44-33-13-7-4-8-14-33)39(42)36-17-9-16-35-34(36)15-10-18-37(35)43-27-29-11-5-3-6-12-29/h3-8,10-15,18-25,28,36H,9,16-17,26-27H2,1-2H3. The number of hydrogen-bond donors (Lipinski definition) is 0. The van der Waals surface area contributed by atoms with E-state index in [2.05, 4.69) is 61.3 Å². The summed E-state index contributed by atoms with van der Waals surface area (Å²) in [6, 6.07) is 38.2. The third kappa shape index (κ3) is 6.84. The van der Waals surface area contributed by atoms with Crippen molar-refractivity contribution >= 4 is 11.6 Å². The SMILES string of the molecule is CC(C)c1ccc(N(Cc2ccc(Oc3ccccc3)nc2)C(=O)C2CCCc3c(OCc4ccccc4)cccc32)cc1. The Kier molecular flexibility index (Phi) is 9.02. The normalized spacial score (nSPS) is 14.1. The highest BCUT2D eigenvalue weighted by atomic mass is 16.5. The topological polar surface area (TPSA) is 51.7 Å². The first kappa shape index (κ1) is 29.2. The van der Waals surface area contributed by atoms with Crippen LogP contribution in [0.4, 0.5) is 5.69 Å². The van der Waals surface area contributed by atoms with E-state index >= 15 is 0 Å². The minimum absolute atomic E-state index is 0.0908. The molecular formula is C39H38N2O3. The number of nitrogens with zero attached hydrogens (tertiary/aromatic N) is 2. The maximum absolute atomic E-state index is 14.5. The third-order valence-electron chi connectivity index (χ3n) is 8.24. The molecule has 1 aliphatic carbocycles. The average molecular weight is 583 g/mol. The zero-order chi connectivity index (χ0) is 30.3. The zero-order valence-electron chi connectivity index (χ0n) is 25.4. The predicted molar refractivity (Wildman–Crippen MR) is 175 cm³/mol. The van der Waals surface area contributed by atoms with Crippen LogP contribution in [-0.4, -0.2) is 10.9 Å². The Labute approximate surface area is 260 Å². The molecule has 0 aliphatic heterocycles. The van der Waals surface area contributed by atoms with Crippen LogP contribution in [-0.2, 0) is 24.4 Å². The third-order valence-corrected chi connectivity index (χ3v) is 8.24. The summed E-state index contributed by atoms with van der Waals surface area (Å²) >= 11 is 0. The molecule has 0 fully saturated rings. The first-order valence-electron chi connectivity index (χ1n) is 15.4. The summed E-state index contributed by atoms with van der Waals surface area (Å²) in [6.07, 6.45) is 4.43. The van der Waals surface area contributed by atoms with Crippen LogP contribution in [0.25, 0.3) is 0 Å². The van der Waals surface area contributed by atoms with E-state index < -0.39 is 0 Å². The molecule has 0 saturated heterocycles. The van der Waals surface area contributed by atoms with Gasteiger partial charge in [0.25, 0.3) is 0 Å². The Morgan fingerprint density at radius 3 is 2.30 bits per heavy atom. The minimum Gasteiger partial charge on any atom is -0.489 e. The minimum atomic E-state index is -0.252. The summed E-state index contributed by atoms with van der Waals surface area (Å²) in [5.74, 6) is 2.37. The van der Waals surface area contributed by atoms with Gasteiger partial charge >= 0.3 is 0 Å². The number of para-hydroxylation sites is 1. The number of rotatable bonds is 10. The molecule has 0 spiro atoms. The van der Waals surface area contributed by atoms with Crippen molar-refractivity contribution in [1.82, 2.24) is 4.98 Å². The highest BCUT2D eigenvalue weighted by Gasteiger charge is 2.32. The van der Waals surface area contributed by atoms with Gasteiger partial charge in [-0.1, -0.05) is 92.7 Å². The van der Waals surface area contributed by atoms with Crippen molar-refractivity contribution < 1.29 is 14.3 Å². The van der Waals surface area contributed by atoms with E-state index in [1.165, 1.54) is 5.56 Å². The van der Waals surface area contributed by atoms with Gasteiger partial charge in [0.2, 0.25) is 11.8 Å². The molecule has 44 heavy (non-hydrogen) atoms. The Balaban J connectivity index is 1.27. The summed E-state index contributed by atoms with van der Waals surface area (Å²) in [6.45, 7) is 5.27. The molecule has 5 aromatic rings. The number of benzene rings is 4. The number of carbonyl (C=O) groups excluding carboxylic acids is 1. The van der Waals surface area contributed by atoms with Gasteiger partial charge in [0, 0.05) is 18.0 Å². The first-order valence-corrected chi connectivity index (χ1v) is 15.4. The molecule has 0 saturated carbocycles. The molecule has 1 atom stereocenters. The Morgan fingerprint density at radius 1 is 0.841 bits per heavy atom. The molecule has 1 unspecified atom stereocenters. The van der Waals surface area contributed by atoms with Crippen LogP contribution >= 0.6 is 0 Å². The van der Waals surface area contributed by atoms with Gasteiger partial charge in [-0.2, -0.15) is 0 Å². The summed E-state index contributed by atoms with van der Waals surface area (Å²) in [5, 5.41) is 0. The number of hydrogen-bond acceptors (Lipinski definition) is 4. The lowest BCUT2D eigenvalue weighted by atomic mass is 9.81. The van der Waals surface area contributed by atoms with Crippen LogP contribution in [0.1, 0.15) is 66.3 Å². The number of fused-ring (bicyclic) bond motifs is 1. The Morgan fingerprint density at radius 2 is 1.59 bits per heavy atom. The molecule has 1 amide bonds. The number of amides is 1. The number of pyridine rings is 1. The maximum atomic E-state index is 14.5. The summed E-state index contributed by atoms with van der Waals surface area (Å²) in [5.41, 5.74) is 6.40. The second kappa shape index (κ2) is 13.6. The molecule has 6 rings (SSSR count). The van der Waals surface area contributed by atoms with Crippen molar-refractivity contribution in [3.8, 4) is 17.4 Å². The maximum Gasteiger partial charge on any atom is 0.234 e. The first-order chi connectivity index (χ1) is 21.5. The molecule has 0 radical (unpaired) electrons. The molecule has 5 nitrogen and oxygen atoms in total. The van der Waals surface area contributed by atoms with E-state index in [1.807, 2.05) is 77.7 Å². The van der Waals surface area contributed by atoms with E-state index in [4.69, 9.17) is 9.47 Å². The second-order valence-electron chi connectivity index (χ2n) is 11.6. The number of carbonyl (C=O) groups is 1. The second-order valence-corrected chi connectivity index (χ2v) is 11.6. The quantitative estimate of drug-likeness (QED) is 0.165. The molecule has 0 N–H and O–H groups in total. The molecule has 1 aromatic heterocycles. The van der Waals surface area contributed by atoms with Crippen LogP contribution < -0.4 is 14.4 Å². The van der Waals surface area contributed by atoms with Crippen LogP contribution in [0, 0.1) is 0 Å². The van der Waals surface area contributed by atoms with Crippen molar-refractivity contribution in [2.75, 3.05) is 4.90 Å². The van der Waals surface area contributed by atoms with Gasteiger partial charge in [-0.15, -0.1) is 0 Å². The van der Waals surface area contributed by atoms with Gasteiger partial charge in [-0.25, -0.2) is 4.98 Å². The molecule has 1 heterocycles. The van der Waals surface area contributed by atoms with E-state index in [9.17, 15) is 4.79 Å². The summed E-state index contributed by atoms with van der Waals surface area (Å²) < 4.78 is 12.2. The smallest absolute Gasteiger partial charge is 0.234 e. The largest absolute Gasteiger partial charge is 0.489 e. The van der Waals surface area contributed by atoms with E-state index in [1.54, 1.807) is 6.20 Å². The molecule has 4 aromatic carbocycles. The number of anilines is 1. The van der Waals surface area contributed by atoms with Gasteiger partial charge in [0.05, 0.1) is 12.5 Å². The number of aromatic nitrogens is 1. The number of ether oxygens (including phenoxy) is 2. The van der Waals surface area contributed by atoms with Gasteiger partial charge < -0.3 is 14.4 Å². The van der Waals surface area contributed by atoms with Gasteiger partial charge in [-0.05, 0) is 83.3 Å². The van der Waals surface area contributed by atoms with E-state index in [0.29, 0.717) is 24.9 Å². The lowest BCUT2D eigenvalue weighted by Gasteiger charge is -2.32. The molecule has 222 valence electrons. The fourth-order valence-corrected chi connectivity index (χ4v) is 5.82. The predicted octanol–water partition coefficient (Wildman–Crippen LogP) is 9.23. The highest BCUT2D eigenvalue weighted by molar-refractivity contribution is 5.98. The summed E-state index contributed by atoms with van der Waals surface area (Å²) in [4.78, 5) is 21.0. The van der Waals surface area contributed by atoms with Gasteiger partial charge in [0.1, 0.15) is 18.1 Å². The Bertz CT molecular complexity index is 1670. The fourth-order valence-electron chi connectivity index (χ4n) is 5.82. The Hall–Kier alpha value is -4.90. The van der Waals surface area contributed by atoms with Crippen molar-refractivity contribution in [3.05, 3.63) is 149 Å². The molecule has 1 aliphatic rings. The van der Waals surface area contributed by atoms with Crippen molar-refractivity contribution in [2.24, 2.45) is 0 Å². The van der Waals surface area contributed by atoms with E-state index in [-0.39, 0.29) is 11.8 Å². The highest BCUT2D eigenvalue weighted by Crippen LogP contribution is 2.39. The van der Waals surface area contributed by atoms with Crippen molar-refractivity contribution in [1.29, 1.82) is 0 Å². The van der Waals surface area contributed by atoms with Crippen LogP contribution in [0.2, 0.25) is 0 Å². The van der Waals surface area contributed by atoms with Crippen LogP contribution in [0.15, 0.2) is 121 Å².